The van der Waals surface area contributed by atoms with E-state index in [-0.39, 0.29) is 0 Å². The molecule has 0 saturated carbocycles. The van der Waals surface area contributed by atoms with Crippen LogP contribution in [0, 0.1) is 5.41 Å². The van der Waals surface area contributed by atoms with Crippen molar-refractivity contribution in [3.05, 3.63) is 20.8 Å². The summed E-state index contributed by atoms with van der Waals surface area (Å²) < 4.78 is 1.26. The SMILES string of the molecule is CCCC1CN(Cc2sccc2Br)C(C(C)(C)C)CN1. The van der Waals surface area contributed by atoms with Gasteiger partial charge in [0.05, 0.1) is 0 Å². The van der Waals surface area contributed by atoms with E-state index in [0.29, 0.717) is 17.5 Å². The van der Waals surface area contributed by atoms with Crippen molar-refractivity contribution in [3.8, 4) is 0 Å². The van der Waals surface area contributed by atoms with Crippen LogP contribution in [0.25, 0.3) is 0 Å². The maximum Gasteiger partial charge on any atom is 0.0343 e. The second-order valence-corrected chi connectivity index (χ2v) is 8.75. The number of halogens is 1. The summed E-state index contributed by atoms with van der Waals surface area (Å²) in [5, 5.41) is 5.93. The number of nitrogens with zero attached hydrogens (tertiary/aromatic N) is 1. The Morgan fingerprint density at radius 3 is 2.75 bits per heavy atom. The second-order valence-electron chi connectivity index (χ2n) is 6.90. The number of nitrogens with one attached hydrogen (secondary N) is 1. The van der Waals surface area contributed by atoms with Gasteiger partial charge in [0.2, 0.25) is 0 Å². The Morgan fingerprint density at radius 1 is 1.45 bits per heavy atom. The molecule has 20 heavy (non-hydrogen) atoms. The highest BCUT2D eigenvalue weighted by atomic mass is 79.9. The van der Waals surface area contributed by atoms with Crippen LogP contribution in [0.2, 0.25) is 0 Å². The molecule has 1 N–H and O–H groups in total. The van der Waals surface area contributed by atoms with E-state index < -0.39 is 0 Å². The van der Waals surface area contributed by atoms with E-state index in [4.69, 9.17) is 0 Å². The van der Waals surface area contributed by atoms with Crippen LogP contribution >= 0.6 is 27.3 Å². The quantitative estimate of drug-likeness (QED) is 0.852. The third-order valence-corrected chi connectivity index (χ3v) is 6.08. The fourth-order valence-corrected chi connectivity index (χ4v) is 4.58. The van der Waals surface area contributed by atoms with Gasteiger partial charge in [0.1, 0.15) is 0 Å². The molecule has 2 heterocycles. The molecule has 0 bridgehead atoms. The zero-order valence-corrected chi connectivity index (χ0v) is 15.5. The van der Waals surface area contributed by atoms with E-state index in [1.54, 1.807) is 0 Å². The lowest BCUT2D eigenvalue weighted by Gasteiger charge is -2.46. The Kier molecular flexibility index (Phi) is 5.69. The van der Waals surface area contributed by atoms with E-state index >= 15 is 0 Å². The lowest BCUT2D eigenvalue weighted by molar-refractivity contribution is 0.0481. The fourth-order valence-electron chi connectivity index (χ4n) is 3.08. The average Bonchev–Trinajstić information content (AvgIpc) is 2.74. The molecule has 2 rings (SSSR count). The fraction of sp³-hybridized carbons (Fsp3) is 0.750. The zero-order valence-electron chi connectivity index (χ0n) is 13.1. The van der Waals surface area contributed by atoms with E-state index in [2.05, 4.69) is 65.3 Å². The van der Waals surface area contributed by atoms with Gasteiger partial charge in [-0.1, -0.05) is 34.1 Å². The highest BCUT2D eigenvalue weighted by Gasteiger charge is 2.35. The normalized spacial score (nSPS) is 25.1. The summed E-state index contributed by atoms with van der Waals surface area (Å²) in [7, 11) is 0. The third-order valence-electron chi connectivity index (χ3n) is 4.17. The van der Waals surface area contributed by atoms with Gasteiger partial charge in [-0.05, 0) is 39.2 Å². The minimum Gasteiger partial charge on any atom is -0.311 e. The molecule has 0 amide bonds. The molecule has 0 spiro atoms. The minimum atomic E-state index is 0.313. The number of piperazine rings is 1. The van der Waals surface area contributed by atoms with Gasteiger partial charge in [-0.25, -0.2) is 0 Å². The molecule has 1 aromatic rings. The molecule has 1 fully saturated rings. The van der Waals surface area contributed by atoms with Gasteiger partial charge in [0.25, 0.3) is 0 Å². The molecule has 1 aromatic heterocycles. The van der Waals surface area contributed by atoms with Crippen molar-refractivity contribution in [2.75, 3.05) is 13.1 Å². The first-order valence-corrected chi connectivity index (χ1v) is 9.28. The highest BCUT2D eigenvalue weighted by Crippen LogP contribution is 2.31. The molecule has 114 valence electrons. The largest absolute Gasteiger partial charge is 0.311 e. The molecule has 0 aliphatic carbocycles. The molecule has 2 atom stereocenters. The lowest BCUT2D eigenvalue weighted by atomic mass is 9.83. The smallest absolute Gasteiger partial charge is 0.0343 e. The monoisotopic (exact) mass is 358 g/mol. The molecule has 0 radical (unpaired) electrons. The molecule has 1 aliphatic rings. The summed E-state index contributed by atoms with van der Waals surface area (Å²) in [6.07, 6.45) is 2.54. The summed E-state index contributed by atoms with van der Waals surface area (Å²) in [4.78, 5) is 4.14. The predicted octanol–water partition coefficient (Wildman–Crippen LogP) is 4.50. The van der Waals surface area contributed by atoms with Crippen LogP contribution < -0.4 is 5.32 Å². The molecule has 4 heteroatoms. The van der Waals surface area contributed by atoms with Crippen LogP contribution in [-0.4, -0.2) is 30.1 Å². The minimum absolute atomic E-state index is 0.313. The molecular formula is C16H27BrN2S. The summed E-state index contributed by atoms with van der Waals surface area (Å²) in [6, 6.07) is 3.42. The average molecular weight is 359 g/mol. The van der Waals surface area contributed by atoms with Crippen LogP contribution in [0.1, 0.15) is 45.4 Å². The van der Waals surface area contributed by atoms with E-state index in [0.717, 1.165) is 13.1 Å². The van der Waals surface area contributed by atoms with Gasteiger partial charge in [0.15, 0.2) is 0 Å². The van der Waals surface area contributed by atoms with Gasteiger partial charge < -0.3 is 5.32 Å². The van der Waals surface area contributed by atoms with Crippen molar-refractivity contribution in [1.29, 1.82) is 0 Å². The first-order valence-electron chi connectivity index (χ1n) is 7.61. The van der Waals surface area contributed by atoms with E-state index in [1.165, 1.54) is 28.7 Å². The maximum atomic E-state index is 3.75. The summed E-state index contributed by atoms with van der Waals surface area (Å²) >= 11 is 5.54. The highest BCUT2D eigenvalue weighted by molar-refractivity contribution is 9.10. The van der Waals surface area contributed by atoms with Crippen LogP contribution in [-0.2, 0) is 6.54 Å². The van der Waals surface area contributed by atoms with Crippen LogP contribution in [0.5, 0.6) is 0 Å². The van der Waals surface area contributed by atoms with Gasteiger partial charge >= 0.3 is 0 Å². The second kappa shape index (κ2) is 6.91. The van der Waals surface area contributed by atoms with Crippen molar-refractivity contribution in [2.45, 2.75) is 59.2 Å². The van der Waals surface area contributed by atoms with Crippen LogP contribution in [0.3, 0.4) is 0 Å². The number of hydrogen-bond acceptors (Lipinski definition) is 3. The van der Waals surface area contributed by atoms with Crippen molar-refractivity contribution in [1.82, 2.24) is 10.2 Å². The number of rotatable bonds is 4. The van der Waals surface area contributed by atoms with E-state index in [9.17, 15) is 0 Å². The Labute approximate surface area is 136 Å². The molecule has 1 saturated heterocycles. The molecule has 1 aliphatic heterocycles. The van der Waals surface area contributed by atoms with Crippen molar-refractivity contribution in [2.24, 2.45) is 5.41 Å². The van der Waals surface area contributed by atoms with Crippen molar-refractivity contribution >= 4 is 27.3 Å². The van der Waals surface area contributed by atoms with Gasteiger partial charge in [-0.3, -0.25) is 4.90 Å². The van der Waals surface area contributed by atoms with Crippen LogP contribution in [0.15, 0.2) is 15.9 Å². The standard InChI is InChI=1S/C16H27BrN2S/c1-5-6-12-10-19(11-14-13(17)7-8-20-14)15(9-18-12)16(2,3)4/h7-8,12,15,18H,5-6,9-11H2,1-4H3. The van der Waals surface area contributed by atoms with Gasteiger partial charge in [-0.15, -0.1) is 11.3 Å². The number of hydrogen-bond donors (Lipinski definition) is 1. The van der Waals surface area contributed by atoms with Crippen LogP contribution in [0.4, 0.5) is 0 Å². The Bertz CT molecular complexity index is 424. The molecular weight excluding hydrogens is 332 g/mol. The molecule has 0 aromatic carbocycles. The predicted molar refractivity (Wildman–Crippen MR) is 92.4 cm³/mol. The third kappa shape index (κ3) is 4.06. The van der Waals surface area contributed by atoms with Crippen molar-refractivity contribution < 1.29 is 0 Å². The summed E-state index contributed by atoms with van der Waals surface area (Å²) in [6.45, 7) is 12.7. The van der Waals surface area contributed by atoms with Gasteiger partial charge in [0, 0.05) is 41.1 Å². The number of thiophene rings is 1. The Balaban J connectivity index is 2.11. The first-order chi connectivity index (χ1) is 9.41. The topological polar surface area (TPSA) is 15.3 Å². The Hall–Kier alpha value is 0.1000. The first kappa shape index (κ1) is 16.5. The van der Waals surface area contributed by atoms with E-state index in [1.807, 2.05) is 11.3 Å². The Morgan fingerprint density at radius 2 is 2.20 bits per heavy atom. The zero-order chi connectivity index (χ0) is 14.8. The molecule has 2 nitrogen and oxygen atoms in total. The maximum absolute atomic E-state index is 3.75. The summed E-state index contributed by atoms with van der Waals surface area (Å²) in [5.74, 6) is 0. The summed E-state index contributed by atoms with van der Waals surface area (Å²) in [5.41, 5.74) is 0.313. The van der Waals surface area contributed by atoms with Gasteiger partial charge in [-0.2, -0.15) is 0 Å². The molecule has 2 unspecified atom stereocenters. The lowest BCUT2D eigenvalue weighted by Crippen LogP contribution is -2.60. The van der Waals surface area contributed by atoms with Crippen molar-refractivity contribution in [3.63, 3.8) is 0 Å².